The van der Waals surface area contributed by atoms with Gasteiger partial charge in [-0.15, -0.1) is 0 Å². The van der Waals surface area contributed by atoms with Gasteiger partial charge in [-0.2, -0.15) is 0 Å². The maximum Gasteiger partial charge on any atom is 0.340 e. The molecule has 5 aliphatic carbocycles. The third-order valence-electron chi connectivity index (χ3n) is 10.9. The molecule has 38 heavy (non-hydrogen) atoms. The van der Waals surface area contributed by atoms with Gasteiger partial charge in [0.15, 0.2) is 0 Å². The summed E-state index contributed by atoms with van der Waals surface area (Å²) < 4.78 is 12.3. The van der Waals surface area contributed by atoms with E-state index in [2.05, 4.69) is 37.0 Å². The number of carbonyl (C=O) groups is 2. The summed E-state index contributed by atoms with van der Waals surface area (Å²) in [6.07, 6.45) is 20.8. The van der Waals surface area contributed by atoms with Gasteiger partial charge in [0.25, 0.3) is 0 Å². The van der Waals surface area contributed by atoms with Crippen LogP contribution in [0.3, 0.4) is 0 Å². The zero-order chi connectivity index (χ0) is 26.1. The van der Waals surface area contributed by atoms with Crippen LogP contribution in [0, 0.1) is 28.6 Å². The number of aromatic nitrogens is 1. The standard InChI is InChI=1S/C33H39NO4/c1-3-5-8-26-33-15-11-21(24(29(33)31(36)38-26)17-20-12-16-34-19-20)22-9-10-23-25(37-30(35)27(23)28(22)33)18-32(4-2)13-6-7-14-32/h8,12,16,18-19,21-22,28,34H,3-7,9-11,13-15,17H2,1-2H3/b25-18?,26-8-/t21-,22-,28+,33-/m0/s1. The molecule has 3 fully saturated rings. The SMILES string of the molecule is CCC/C=C1\OC(=O)C2=C(Cc3cc[nH]c3)[C@H]3CC[C@]21[C@H]1C2=C(CC[C@@H]31)C(=CC1(CC)CCCC1)OC2=O. The highest BCUT2D eigenvalue weighted by Gasteiger charge is 2.68. The lowest BCUT2D eigenvalue weighted by Crippen LogP contribution is -2.52. The van der Waals surface area contributed by atoms with E-state index in [9.17, 15) is 9.59 Å². The second-order valence-corrected chi connectivity index (χ2v) is 12.6. The number of aromatic amines is 1. The first-order chi connectivity index (χ1) is 18.5. The number of unbranched alkanes of at least 4 members (excludes halogenated alkanes) is 1. The van der Waals surface area contributed by atoms with Crippen molar-refractivity contribution in [1.29, 1.82) is 0 Å². The molecule has 0 radical (unpaired) electrons. The summed E-state index contributed by atoms with van der Waals surface area (Å²) in [7, 11) is 0. The Labute approximate surface area is 225 Å². The van der Waals surface area contributed by atoms with Gasteiger partial charge in [-0.1, -0.05) is 38.7 Å². The van der Waals surface area contributed by atoms with Crippen molar-refractivity contribution in [3.8, 4) is 0 Å². The topological polar surface area (TPSA) is 68.4 Å². The summed E-state index contributed by atoms with van der Waals surface area (Å²) in [6, 6.07) is 2.10. The smallest absolute Gasteiger partial charge is 0.340 e. The van der Waals surface area contributed by atoms with Crippen molar-refractivity contribution in [1.82, 2.24) is 4.98 Å². The van der Waals surface area contributed by atoms with E-state index in [1.54, 1.807) is 0 Å². The molecule has 0 aromatic carbocycles. The molecule has 200 valence electrons. The quantitative estimate of drug-likeness (QED) is 0.407. The fourth-order valence-electron chi connectivity index (χ4n) is 9.16. The number of hydrogen-bond donors (Lipinski definition) is 1. The van der Waals surface area contributed by atoms with Crippen LogP contribution in [0.4, 0.5) is 0 Å². The van der Waals surface area contributed by atoms with Gasteiger partial charge in [-0.05, 0) is 98.8 Å². The third kappa shape index (κ3) is 3.29. The normalized spacial score (nSPS) is 35.2. The van der Waals surface area contributed by atoms with Crippen molar-refractivity contribution in [2.45, 2.75) is 90.9 Å². The molecule has 1 aromatic heterocycles. The van der Waals surface area contributed by atoms with E-state index in [-0.39, 0.29) is 23.3 Å². The Bertz CT molecular complexity index is 1300. The molecule has 5 nitrogen and oxygen atoms in total. The summed E-state index contributed by atoms with van der Waals surface area (Å²) in [5.41, 5.74) is 4.91. The van der Waals surface area contributed by atoms with E-state index in [0.717, 1.165) is 79.6 Å². The molecule has 2 saturated carbocycles. The highest BCUT2D eigenvalue weighted by Crippen LogP contribution is 2.70. The van der Waals surface area contributed by atoms with Crippen LogP contribution < -0.4 is 0 Å². The molecule has 1 aromatic rings. The van der Waals surface area contributed by atoms with Crippen LogP contribution in [-0.4, -0.2) is 16.9 Å². The number of esters is 2. The van der Waals surface area contributed by atoms with E-state index in [4.69, 9.17) is 9.47 Å². The Morgan fingerprint density at radius 3 is 2.66 bits per heavy atom. The first kappa shape index (κ1) is 24.2. The molecule has 1 spiro atoms. The largest absolute Gasteiger partial charge is 0.427 e. The molecule has 0 amide bonds. The number of H-pyrrole nitrogens is 1. The number of nitrogens with one attached hydrogen (secondary N) is 1. The number of fused-ring (bicyclic) bond motifs is 1. The van der Waals surface area contributed by atoms with E-state index in [1.807, 2.05) is 12.4 Å². The number of cyclic esters (lactones) is 2. The third-order valence-corrected chi connectivity index (χ3v) is 10.9. The van der Waals surface area contributed by atoms with E-state index >= 15 is 0 Å². The van der Waals surface area contributed by atoms with Gasteiger partial charge in [-0.25, -0.2) is 9.59 Å². The van der Waals surface area contributed by atoms with Crippen LogP contribution in [-0.2, 0) is 25.5 Å². The number of allylic oxidation sites excluding steroid dienone is 5. The lowest BCUT2D eigenvalue weighted by molar-refractivity contribution is -0.135. The monoisotopic (exact) mass is 513 g/mol. The van der Waals surface area contributed by atoms with Crippen molar-refractivity contribution in [3.05, 3.63) is 70.0 Å². The van der Waals surface area contributed by atoms with Gasteiger partial charge in [0.1, 0.15) is 11.5 Å². The maximum absolute atomic E-state index is 13.8. The van der Waals surface area contributed by atoms with Crippen LogP contribution in [0.15, 0.2) is 64.4 Å². The molecule has 1 N–H and O–H groups in total. The van der Waals surface area contributed by atoms with Gasteiger partial charge in [0, 0.05) is 29.5 Å². The number of ether oxygens (including phenoxy) is 2. The summed E-state index contributed by atoms with van der Waals surface area (Å²) in [4.78, 5) is 30.6. The van der Waals surface area contributed by atoms with Crippen molar-refractivity contribution < 1.29 is 19.1 Å². The number of rotatable bonds is 6. The Morgan fingerprint density at radius 2 is 1.92 bits per heavy atom. The average molecular weight is 514 g/mol. The molecule has 5 heteroatoms. The van der Waals surface area contributed by atoms with Crippen LogP contribution in [0.25, 0.3) is 0 Å². The Hall–Kier alpha value is -2.82. The van der Waals surface area contributed by atoms with Crippen LogP contribution in [0.2, 0.25) is 0 Å². The molecule has 2 aliphatic heterocycles. The van der Waals surface area contributed by atoms with Crippen LogP contribution >= 0.6 is 0 Å². The van der Waals surface area contributed by atoms with Gasteiger partial charge >= 0.3 is 11.9 Å². The molecule has 3 heterocycles. The van der Waals surface area contributed by atoms with E-state index < -0.39 is 5.41 Å². The highest BCUT2D eigenvalue weighted by molar-refractivity contribution is 6.00. The molecule has 4 atom stereocenters. The van der Waals surface area contributed by atoms with Gasteiger partial charge in [0.2, 0.25) is 0 Å². The van der Waals surface area contributed by atoms with E-state index in [0.29, 0.717) is 11.8 Å². The van der Waals surface area contributed by atoms with Gasteiger partial charge in [-0.3, -0.25) is 0 Å². The van der Waals surface area contributed by atoms with Crippen LogP contribution in [0.1, 0.15) is 90.0 Å². The molecule has 8 rings (SSSR count). The molecular weight excluding hydrogens is 474 g/mol. The Morgan fingerprint density at radius 1 is 1.08 bits per heavy atom. The minimum Gasteiger partial charge on any atom is -0.427 e. The summed E-state index contributed by atoms with van der Waals surface area (Å²) in [5, 5.41) is 0. The minimum atomic E-state index is -0.539. The molecular formula is C33H39NO4. The van der Waals surface area contributed by atoms with Gasteiger partial charge in [0.05, 0.1) is 11.0 Å². The second-order valence-electron chi connectivity index (χ2n) is 12.6. The molecule has 7 aliphatic rings. The summed E-state index contributed by atoms with van der Waals surface area (Å²) in [6.45, 7) is 4.42. The van der Waals surface area contributed by atoms with Crippen LogP contribution in [0.5, 0.6) is 0 Å². The maximum atomic E-state index is 13.8. The Kier molecular flexibility index (Phi) is 5.65. The molecule has 1 saturated heterocycles. The van der Waals surface area contributed by atoms with Gasteiger partial charge < -0.3 is 14.5 Å². The highest BCUT2D eigenvalue weighted by atomic mass is 16.5. The first-order valence-electron chi connectivity index (χ1n) is 15.0. The van der Waals surface area contributed by atoms with Crippen molar-refractivity contribution in [2.75, 3.05) is 0 Å². The number of carbonyl (C=O) groups excluding carboxylic acids is 2. The van der Waals surface area contributed by atoms with Crippen molar-refractivity contribution in [2.24, 2.45) is 28.6 Å². The molecule has 2 bridgehead atoms. The number of hydrogen-bond acceptors (Lipinski definition) is 4. The lowest BCUT2D eigenvalue weighted by Gasteiger charge is -2.56. The molecule has 0 unspecified atom stereocenters. The van der Waals surface area contributed by atoms with Crippen molar-refractivity contribution >= 4 is 11.9 Å². The van der Waals surface area contributed by atoms with E-state index in [1.165, 1.54) is 36.8 Å². The van der Waals surface area contributed by atoms with Crippen molar-refractivity contribution in [3.63, 3.8) is 0 Å². The summed E-state index contributed by atoms with van der Waals surface area (Å²) >= 11 is 0. The summed E-state index contributed by atoms with van der Waals surface area (Å²) in [5.74, 6) is 1.87. The fourth-order valence-corrected chi connectivity index (χ4v) is 9.16. The zero-order valence-electron chi connectivity index (χ0n) is 22.7. The predicted octanol–water partition coefficient (Wildman–Crippen LogP) is 7.24. The average Bonchev–Trinajstić information content (AvgIpc) is 3.72. The fraction of sp³-hybridized carbons (Fsp3) is 0.576. The first-order valence-corrected chi connectivity index (χ1v) is 15.0. The predicted molar refractivity (Wildman–Crippen MR) is 144 cm³/mol. The second kappa shape index (κ2) is 8.86. The minimum absolute atomic E-state index is 0.0379. The Balaban J connectivity index is 1.40. The lowest BCUT2D eigenvalue weighted by atomic mass is 9.44. The zero-order valence-corrected chi connectivity index (χ0v) is 22.7.